The largest absolute Gasteiger partial charge is 0.396 e. The molecular formula is C23H33FN3O4S-. The van der Waals surface area contributed by atoms with Gasteiger partial charge in [-0.05, 0) is 24.5 Å². The van der Waals surface area contributed by atoms with E-state index in [1.807, 2.05) is 20.8 Å². The van der Waals surface area contributed by atoms with Crippen molar-refractivity contribution in [2.45, 2.75) is 63.6 Å². The summed E-state index contributed by atoms with van der Waals surface area (Å²) in [6.45, 7) is 9.37. The summed E-state index contributed by atoms with van der Waals surface area (Å²) in [7, 11) is -2.22. The minimum atomic E-state index is -3.60. The molecule has 1 aromatic rings. The van der Waals surface area contributed by atoms with Crippen molar-refractivity contribution < 1.29 is 23.0 Å². The Morgan fingerprint density at radius 2 is 2.00 bits per heavy atom. The Hall–Kier alpha value is -2.10. The zero-order chi connectivity index (χ0) is 24.3. The fraction of sp³-hybridized carbons (Fsp3) is 0.522. The molecule has 0 saturated heterocycles. The van der Waals surface area contributed by atoms with E-state index in [1.54, 1.807) is 18.2 Å². The van der Waals surface area contributed by atoms with Crippen molar-refractivity contribution in [1.29, 1.82) is 0 Å². The van der Waals surface area contributed by atoms with Crippen molar-refractivity contribution in [3.8, 4) is 0 Å². The third-order valence-corrected chi connectivity index (χ3v) is 6.65. The molecule has 0 saturated carbocycles. The van der Waals surface area contributed by atoms with E-state index < -0.39 is 27.6 Å². The first-order chi connectivity index (χ1) is 14.8. The van der Waals surface area contributed by atoms with Crippen LogP contribution in [0.5, 0.6) is 0 Å². The number of anilines is 1. The number of nitrogens with zero attached hydrogens (tertiary/aromatic N) is 3. The average molecular weight is 467 g/mol. The summed E-state index contributed by atoms with van der Waals surface area (Å²) in [5.74, 6) is -0.404. The molecule has 0 amide bonds. The SMILES string of the molecule is [CH2-]CC(O)CC(O)/C=C/c1c(C(C)C)nc(N(C)S(C)(=O)=O)nc1C1(C)C=CC(F)=CC1. The Morgan fingerprint density at radius 3 is 2.50 bits per heavy atom. The lowest BCUT2D eigenvalue weighted by molar-refractivity contribution is 0.106. The molecule has 1 aliphatic carbocycles. The van der Waals surface area contributed by atoms with E-state index in [2.05, 4.69) is 16.9 Å². The van der Waals surface area contributed by atoms with Gasteiger partial charge < -0.3 is 17.1 Å². The third kappa shape index (κ3) is 6.24. The molecule has 0 bridgehead atoms. The molecule has 3 unspecified atom stereocenters. The van der Waals surface area contributed by atoms with Crippen LogP contribution in [0.25, 0.3) is 6.08 Å². The average Bonchev–Trinajstić information content (AvgIpc) is 2.72. The van der Waals surface area contributed by atoms with Crippen molar-refractivity contribution in [3.63, 3.8) is 0 Å². The van der Waals surface area contributed by atoms with Gasteiger partial charge in [-0.1, -0.05) is 39.0 Å². The van der Waals surface area contributed by atoms with E-state index in [0.717, 1.165) is 10.6 Å². The number of allylic oxidation sites excluding steroid dienone is 4. The number of halogens is 1. The van der Waals surface area contributed by atoms with E-state index in [1.165, 1.54) is 19.2 Å². The molecule has 0 radical (unpaired) electrons. The standard InChI is InChI=1S/C23H33FN3O4S/c1-7-17(28)14-18(29)8-9-19-20(15(2)3)25-22(27(5)32(6,30)31)26-21(19)23(4)12-10-16(24)11-13-23/h8-12,15,17-18,28-29H,1,7,13-14H2,2-6H3/q-1/b9-8+. The number of aliphatic hydroxyl groups excluding tert-OH is 2. The number of sulfonamides is 1. The molecule has 178 valence electrons. The van der Waals surface area contributed by atoms with Crippen LogP contribution >= 0.6 is 0 Å². The molecule has 3 atom stereocenters. The molecule has 2 N–H and O–H groups in total. The number of aromatic nitrogens is 2. The van der Waals surface area contributed by atoms with Crippen molar-refractivity contribution in [3.05, 3.63) is 54.0 Å². The van der Waals surface area contributed by atoms with Crippen molar-refractivity contribution in [2.24, 2.45) is 0 Å². The lowest BCUT2D eigenvalue weighted by atomic mass is 9.77. The minimum Gasteiger partial charge on any atom is -0.396 e. The summed E-state index contributed by atoms with van der Waals surface area (Å²) in [6.07, 6.45) is 7.97. The second-order valence-corrected chi connectivity index (χ2v) is 10.7. The Bertz CT molecular complexity index is 1020. The molecule has 0 aliphatic heterocycles. The monoisotopic (exact) mass is 466 g/mol. The summed E-state index contributed by atoms with van der Waals surface area (Å²) in [5, 5.41) is 20.1. The van der Waals surface area contributed by atoms with Gasteiger partial charge in [0.15, 0.2) is 0 Å². The van der Waals surface area contributed by atoms with Crippen LogP contribution in [0.2, 0.25) is 0 Å². The van der Waals surface area contributed by atoms with Crippen molar-refractivity contribution >= 4 is 22.0 Å². The van der Waals surface area contributed by atoms with Gasteiger partial charge in [0.1, 0.15) is 5.83 Å². The summed E-state index contributed by atoms with van der Waals surface area (Å²) in [6, 6.07) is 0. The predicted octanol–water partition coefficient (Wildman–Crippen LogP) is 3.42. The molecule has 1 aromatic heterocycles. The van der Waals surface area contributed by atoms with Crippen LogP contribution in [-0.4, -0.2) is 54.1 Å². The fourth-order valence-electron chi connectivity index (χ4n) is 3.37. The number of hydrogen-bond donors (Lipinski definition) is 2. The summed E-state index contributed by atoms with van der Waals surface area (Å²) >= 11 is 0. The topological polar surface area (TPSA) is 104 Å². The van der Waals surface area contributed by atoms with Gasteiger partial charge in [0.05, 0.1) is 23.7 Å². The zero-order valence-electron chi connectivity index (χ0n) is 19.3. The van der Waals surface area contributed by atoms with Gasteiger partial charge in [-0.25, -0.2) is 27.1 Å². The first-order valence-corrected chi connectivity index (χ1v) is 12.4. The summed E-state index contributed by atoms with van der Waals surface area (Å²) in [5.41, 5.74) is 1.05. The van der Waals surface area contributed by atoms with Gasteiger partial charge in [-0.3, -0.25) is 0 Å². The predicted molar refractivity (Wildman–Crippen MR) is 125 cm³/mol. The molecule has 32 heavy (non-hydrogen) atoms. The molecular weight excluding hydrogens is 433 g/mol. The van der Waals surface area contributed by atoms with Gasteiger partial charge in [0.25, 0.3) is 0 Å². The zero-order valence-corrected chi connectivity index (χ0v) is 20.1. The van der Waals surface area contributed by atoms with E-state index in [9.17, 15) is 23.0 Å². The smallest absolute Gasteiger partial charge is 0.239 e. The number of rotatable bonds is 9. The Balaban J connectivity index is 2.70. The molecule has 0 aromatic carbocycles. The Morgan fingerprint density at radius 1 is 1.34 bits per heavy atom. The normalized spacial score (nSPS) is 21.1. The van der Waals surface area contributed by atoms with E-state index in [4.69, 9.17) is 0 Å². The summed E-state index contributed by atoms with van der Waals surface area (Å²) in [4.78, 5) is 9.12. The molecule has 0 fully saturated rings. The first kappa shape index (κ1) is 26.2. The van der Waals surface area contributed by atoms with E-state index >= 15 is 0 Å². The van der Waals surface area contributed by atoms with Gasteiger partial charge in [-0.2, -0.15) is 6.42 Å². The maximum absolute atomic E-state index is 13.7. The highest BCUT2D eigenvalue weighted by atomic mass is 32.2. The molecule has 9 heteroatoms. The van der Waals surface area contributed by atoms with Crippen LogP contribution in [-0.2, 0) is 15.4 Å². The second-order valence-electron chi connectivity index (χ2n) is 8.70. The van der Waals surface area contributed by atoms with Crippen LogP contribution in [0.4, 0.5) is 10.3 Å². The van der Waals surface area contributed by atoms with Crippen LogP contribution in [0.1, 0.15) is 62.9 Å². The minimum absolute atomic E-state index is 0.0287. The van der Waals surface area contributed by atoms with E-state index in [-0.39, 0.29) is 30.5 Å². The van der Waals surface area contributed by atoms with Crippen LogP contribution in [0, 0.1) is 6.92 Å². The number of hydrogen-bond acceptors (Lipinski definition) is 6. The van der Waals surface area contributed by atoms with Gasteiger partial charge in [0, 0.05) is 30.6 Å². The van der Waals surface area contributed by atoms with Crippen molar-refractivity contribution in [1.82, 2.24) is 9.97 Å². The van der Waals surface area contributed by atoms with Crippen LogP contribution < -0.4 is 4.31 Å². The molecule has 1 heterocycles. The van der Waals surface area contributed by atoms with Gasteiger partial charge in [-0.15, -0.1) is 0 Å². The summed E-state index contributed by atoms with van der Waals surface area (Å²) < 4.78 is 39.0. The highest BCUT2D eigenvalue weighted by Crippen LogP contribution is 2.38. The van der Waals surface area contributed by atoms with E-state index in [0.29, 0.717) is 23.4 Å². The number of aliphatic hydroxyl groups is 2. The lowest BCUT2D eigenvalue weighted by Gasteiger charge is -2.30. The Kier molecular flexibility index (Phi) is 8.36. The second kappa shape index (κ2) is 10.2. The maximum atomic E-state index is 13.7. The van der Waals surface area contributed by atoms with Gasteiger partial charge in [0.2, 0.25) is 16.0 Å². The quantitative estimate of drug-likeness (QED) is 0.541. The van der Waals surface area contributed by atoms with Crippen LogP contribution in [0.15, 0.2) is 30.1 Å². The first-order valence-electron chi connectivity index (χ1n) is 10.5. The van der Waals surface area contributed by atoms with Gasteiger partial charge >= 0.3 is 0 Å². The molecule has 7 nitrogen and oxygen atoms in total. The van der Waals surface area contributed by atoms with Crippen molar-refractivity contribution in [2.75, 3.05) is 17.6 Å². The third-order valence-electron chi connectivity index (χ3n) is 5.49. The highest BCUT2D eigenvalue weighted by molar-refractivity contribution is 7.92. The maximum Gasteiger partial charge on any atom is 0.239 e. The molecule has 2 rings (SSSR count). The molecule has 0 spiro atoms. The molecule has 1 aliphatic rings. The Labute approximate surface area is 190 Å². The van der Waals surface area contributed by atoms with Crippen LogP contribution in [0.3, 0.4) is 0 Å². The lowest BCUT2D eigenvalue weighted by Crippen LogP contribution is -2.31. The highest BCUT2D eigenvalue weighted by Gasteiger charge is 2.33. The fourth-order valence-corrected chi connectivity index (χ4v) is 3.75.